The molecule has 0 nitrogen and oxygen atoms in total. The lowest BCUT2D eigenvalue weighted by atomic mass is 9.50. The highest BCUT2D eigenvalue weighted by molar-refractivity contribution is 6.79. The quantitative estimate of drug-likeness (QED) is 0.494. The van der Waals surface area contributed by atoms with E-state index in [0.717, 1.165) is 0 Å². The predicted octanol–water partition coefficient (Wildman–Crippen LogP) is 6.59. The van der Waals surface area contributed by atoms with Crippen LogP contribution in [0.1, 0.15) is 68.7 Å². The first-order chi connectivity index (χ1) is 7.56. The summed E-state index contributed by atoms with van der Waals surface area (Å²) in [7, 11) is -1.22. The van der Waals surface area contributed by atoms with Crippen LogP contribution in [0.5, 0.6) is 0 Å². The van der Waals surface area contributed by atoms with Gasteiger partial charge >= 0.3 is 0 Å². The lowest BCUT2D eigenvalue weighted by Gasteiger charge is -2.62. The Morgan fingerprint density at radius 2 is 1.00 bits per heavy atom. The molecule has 0 amide bonds. The smallest absolute Gasteiger partial charge is 0.0505 e. The summed E-state index contributed by atoms with van der Waals surface area (Å²) in [5.41, 5.74) is 1.01. The second-order valence-electron chi connectivity index (χ2n) is 9.36. The highest BCUT2D eigenvalue weighted by Gasteiger charge is 2.57. The molecule has 0 spiro atoms. The minimum atomic E-state index is -1.22. The Bertz CT molecular complexity index is 287. The summed E-state index contributed by atoms with van der Waals surface area (Å²) in [6.45, 7) is 29.8. The molecule has 18 heavy (non-hydrogen) atoms. The van der Waals surface area contributed by atoms with Gasteiger partial charge in [0.2, 0.25) is 0 Å². The van der Waals surface area contributed by atoms with E-state index in [1.54, 1.807) is 0 Å². The van der Waals surface area contributed by atoms with Gasteiger partial charge < -0.3 is 0 Å². The van der Waals surface area contributed by atoms with E-state index in [1.165, 1.54) is 6.42 Å². The zero-order chi connectivity index (χ0) is 15.2. The molecule has 1 heteroatoms. The highest BCUT2D eigenvalue weighted by Crippen LogP contribution is 2.65. The van der Waals surface area contributed by atoms with Crippen LogP contribution in [0, 0.1) is 16.2 Å². The van der Waals surface area contributed by atoms with E-state index in [0.29, 0.717) is 21.3 Å². The van der Waals surface area contributed by atoms with Crippen LogP contribution in [0.2, 0.25) is 24.7 Å². The van der Waals surface area contributed by atoms with E-state index in [9.17, 15) is 0 Å². The number of hydrogen-bond donors (Lipinski definition) is 0. The third-order valence-electron chi connectivity index (χ3n) is 7.58. The van der Waals surface area contributed by atoms with Gasteiger partial charge in [-0.1, -0.05) is 88.4 Å². The van der Waals surface area contributed by atoms with E-state index in [4.69, 9.17) is 0 Å². The van der Waals surface area contributed by atoms with Crippen molar-refractivity contribution >= 4 is 8.07 Å². The molecule has 0 saturated carbocycles. The summed E-state index contributed by atoms with van der Waals surface area (Å²) in [4.78, 5) is 0. The molecular formula is C17H38Si. The van der Waals surface area contributed by atoms with Crippen molar-refractivity contribution in [3.8, 4) is 0 Å². The zero-order valence-electron chi connectivity index (χ0n) is 15.2. The minimum Gasteiger partial charge on any atom is -0.0691 e. The third kappa shape index (κ3) is 2.44. The van der Waals surface area contributed by atoms with Gasteiger partial charge in [0.1, 0.15) is 0 Å². The van der Waals surface area contributed by atoms with Crippen LogP contribution in [0.15, 0.2) is 0 Å². The molecule has 0 bridgehead atoms. The largest absolute Gasteiger partial charge is 0.0691 e. The van der Waals surface area contributed by atoms with E-state index < -0.39 is 8.07 Å². The van der Waals surface area contributed by atoms with Crippen molar-refractivity contribution in [2.45, 2.75) is 93.4 Å². The van der Waals surface area contributed by atoms with Crippen molar-refractivity contribution in [3.63, 3.8) is 0 Å². The van der Waals surface area contributed by atoms with Crippen molar-refractivity contribution in [2.24, 2.45) is 16.2 Å². The molecule has 0 rings (SSSR count). The summed E-state index contributed by atoms with van der Waals surface area (Å²) in [6, 6.07) is 0. The molecule has 0 atom stereocenters. The van der Waals surface area contributed by atoms with Gasteiger partial charge in [-0.3, -0.25) is 0 Å². The lowest BCUT2D eigenvalue weighted by molar-refractivity contribution is -0.0474. The third-order valence-corrected chi connectivity index (χ3v) is 12.0. The van der Waals surface area contributed by atoms with Gasteiger partial charge in [0.15, 0.2) is 0 Å². The first-order valence-corrected chi connectivity index (χ1v) is 11.1. The van der Waals surface area contributed by atoms with E-state index in [1.807, 2.05) is 0 Å². The molecule has 0 unspecified atom stereocenters. The normalized spacial score (nSPS) is 16.0. The fourth-order valence-corrected chi connectivity index (χ4v) is 5.19. The fraction of sp³-hybridized carbons (Fsp3) is 1.00. The zero-order valence-corrected chi connectivity index (χ0v) is 16.2. The molecule has 0 N–H and O–H groups in total. The first-order valence-electron chi connectivity index (χ1n) is 7.56. The molecule has 0 saturated heterocycles. The SMILES string of the molecule is CCC(C)(C)C(C)(C)C(C)(C)C(C)(C)[Si](C)(C)C. The number of hydrogen-bond acceptors (Lipinski definition) is 0. The van der Waals surface area contributed by atoms with Crippen molar-refractivity contribution in [1.82, 2.24) is 0 Å². The summed E-state index contributed by atoms with van der Waals surface area (Å²) >= 11 is 0. The van der Waals surface area contributed by atoms with Gasteiger partial charge in [-0.25, -0.2) is 0 Å². The standard InChI is InChI=1S/C17H38Si/c1-13-14(2,3)15(4,5)16(6,7)17(8,9)18(10,11)12/h13H2,1-12H3. The van der Waals surface area contributed by atoms with E-state index >= 15 is 0 Å². The van der Waals surface area contributed by atoms with Crippen molar-refractivity contribution in [3.05, 3.63) is 0 Å². The van der Waals surface area contributed by atoms with Gasteiger partial charge in [0.05, 0.1) is 8.07 Å². The maximum Gasteiger partial charge on any atom is 0.0505 e. The van der Waals surface area contributed by atoms with Crippen LogP contribution in [0.25, 0.3) is 0 Å². The molecule has 110 valence electrons. The summed E-state index contributed by atoms with van der Waals surface area (Å²) in [6.07, 6.45) is 1.24. The average molecular weight is 271 g/mol. The van der Waals surface area contributed by atoms with Crippen LogP contribution in [0.4, 0.5) is 0 Å². The Kier molecular flexibility index (Phi) is 4.70. The number of rotatable bonds is 5. The first kappa shape index (κ1) is 18.2. The predicted molar refractivity (Wildman–Crippen MR) is 89.0 cm³/mol. The molecule has 0 aliphatic heterocycles. The van der Waals surface area contributed by atoms with Crippen LogP contribution >= 0.6 is 0 Å². The van der Waals surface area contributed by atoms with Gasteiger partial charge in [0, 0.05) is 0 Å². The van der Waals surface area contributed by atoms with Crippen molar-refractivity contribution in [2.75, 3.05) is 0 Å². The van der Waals surface area contributed by atoms with Crippen molar-refractivity contribution in [1.29, 1.82) is 0 Å². The second kappa shape index (κ2) is 4.65. The monoisotopic (exact) mass is 270 g/mol. The molecule has 0 aliphatic rings. The Labute approximate surface area is 118 Å². The summed E-state index contributed by atoms with van der Waals surface area (Å²) < 4.78 is 0. The molecule has 0 radical (unpaired) electrons. The molecular weight excluding hydrogens is 232 g/mol. The summed E-state index contributed by atoms with van der Waals surface area (Å²) in [5.74, 6) is 0. The second-order valence-corrected chi connectivity index (χ2v) is 15.1. The molecule has 0 aromatic carbocycles. The maximum absolute atomic E-state index is 2.52. The van der Waals surface area contributed by atoms with E-state index in [-0.39, 0.29) is 0 Å². The van der Waals surface area contributed by atoms with Gasteiger partial charge in [-0.05, 0) is 21.3 Å². The topological polar surface area (TPSA) is 0 Å². The molecule has 0 aromatic rings. The van der Waals surface area contributed by atoms with Gasteiger partial charge in [-0.2, -0.15) is 0 Å². The van der Waals surface area contributed by atoms with Crippen LogP contribution < -0.4 is 0 Å². The summed E-state index contributed by atoms with van der Waals surface area (Å²) in [5, 5.41) is 0.413. The van der Waals surface area contributed by atoms with Crippen LogP contribution in [-0.2, 0) is 0 Å². The molecule has 0 fully saturated rings. The maximum atomic E-state index is 2.52. The fourth-order valence-electron chi connectivity index (χ4n) is 3.01. The van der Waals surface area contributed by atoms with E-state index in [2.05, 4.69) is 82.0 Å². The minimum absolute atomic E-state index is 0.318. The highest BCUT2D eigenvalue weighted by atomic mass is 28.3. The molecule has 0 aliphatic carbocycles. The Hall–Kier alpha value is 0.217. The Balaban J connectivity index is 5.80. The lowest BCUT2D eigenvalue weighted by Crippen LogP contribution is -2.55. The van der Waals surface area contributed by atoms with Gasteiger partial charge in [0.25, 0.3) is 0 Å². The van der Waals surface area contributed by atoms with Crippen molar-refractivity contribution < 1.29 is 0 Å². The Morgan fingerprint density at radius 1 is 0.667 bits per heavy atom. The average Bonchev–Trinajstić information content (AvgIpc) is 2.15. The van der Waals surface area contributed by atoms with Crippen LogP contribution in [-0.4, -0.2) is 8.07 Å². The Morgan fingerprint density at radius 3 is 1.22 bits per heavy atom. The molecule has 0 aromatic heterocycles. The van der Waals surface area contributed by atoms with Gasteiger partial charge in [-0.15, -0.1) is 0 Å². The molecule has 0 heterocycles. The van der Waals surface area contributed by atoms with Crippen LogP contribution in [0.3, 0.4) is 0 Å².